The summed E-state index contributed by atoms with van der Waals surface area (Å²) in [6.45, 7) is 0. The highest BCUT2D eigenvalue weighted by molar-refractivity contribution is 6.01. The molecule has 0 spiro atoms. The first-order chi connectivity index (χ1) is 13.1. The predicted molar refractivity (Wildman–Crippen MR) is 82.6 cm³/mol. The van der Waals surface area contributed by atoms with Gasteiger partial charge in [0.25, 0.3) is 5.91 Å². The number of nitrogens with zero attached hydrogens (tertiary/aromatic N) is 2. The summed E-state index contributed by atoms with van der Waals surface area (Å²) in [4.78, 5) is 15.8. The van der Waals surface area contributed by atoms with E-state index >= 15 is 0 Å². The molecule has 0 bridgehead atoms. The predicted octanol–water partition coefficient (Wildman–Crippen LogP) is 5.26. The van der Waals surface area contributed by atoms with Crippen LogP contribution >= 0.6 is 0 Å². The molecule has 0 fully saturated rings. The molecule has 0 aliphatic heterocycles. The van der Waals surface area contributed by atoms with E-state index in [0.717, 1.165) is 26.2 Å². The van der Waals surface area contributed by atoms with E-state index in [4.69, 9.17) is 0 Å². The number of carbonyl (C=O) groups excluding carboxylic acids is 1. The van der Waals surface area contributed by atoms with E-state index in [0.29, 0.717) is 4.90 Å². The van der Waals surface area contributed by atoms with Crippen molar-refractivity contribution < 1.29 is 44.3 Å². The van der Waals surface area contributed by atoms with Crippen molar-refractivity contribution in [3.05, 3.63) is 53.0 Å². The number of pyridine rings is 1. The van der Waals surface area contributed by atoms with Crippen molar-refractivity contribution in [1.82, 2.24) is 9.88 Å². The van der Waals surface area contributed by atoms with E-state index in [9.17, 15) is 44.3 Å². The second kappa shape index (κ2) is 7.23. The third kappa shape index (κ3) is 4.01. The van der Waals surface area contributed by atoms with Crippen molar-refractivity contribution in [2.24, 2.45) is 0 Å². The van der Waals surface area contributed by atoms with Crippen LogP contribution in [0.3, 0.4) is 0 Å². The molecular weight excluding hydrogens is 419 g/mol. The van der Waals surface area contributed by atoms with Crippen LogP contribution in [0.2, 0.25) is 0 Å². The van der Waals surface area contributed by atoms with Gasteiger partial charge < -0.3 is 4.90 Å². The van der Waals surface area contributed by atoms with E-state index in [-0.39, 0.29) is 5.56 Å². The zero-order chi connectivity index (χ0) is 22.4. The van der Waals surface area contributed by atoms with Crippen LogP contribution in [-0.4, -0.2) is 36.1 Å². The summed E-state index contributed by atoms with van der Waals surface area (Å²) < 4.78 is 122. The summed E-state index contributed by atoms with van der Waals surface area (Å²) in [5.74, 6) is -10.4. The molecule has 0 unspecified atom stereocenters. The Morgan fingerprint density at radius 1 is 0.897 bits per heavy atom. The molecule has 2 aromatic rings. The largest absolute Gasteiger partial charge is 0.458 e. The van der Waals surface area contributed by atoms with Gasteiger partial charge in [-0.15, -0.1) is 0 Å². The van der Waals surface area contributed by atoms with Crippen molar-refractivity contribution >= 4 is 5.91 Å². The SMILES string of the molecule is CN(C)C(=O)c1c(-c2ccccc2)nc(F)c(C(F)(F)F)c1C(F)(F)C(F)(F)F. The molecule has 3 nitrogen and oxygen atoms in total. The van der Waals surface area contributed by atoms with Gasteiger partial charge in [-0.2, -0.15) is 39.5 Å². The second-order valence-electron chi connectivity index (χ2n) is 6.01. The summed E-state index contributed by atoms with van der Waals surface area (Å²) in [5, 5.41) is 0. The Morgan fingerprint density at radius 2 is 1.41 bits per heavy atom. The first-order valence-corrected chi connectivity index (χ1v) is 7.63. The number of rotatable bonds is 3. The second-order valence-corrected chi connectivity index (χ2v) is 6.01. The Morgan fingerprint density at radius 3 is 1.83 bits per heavy atom. The van der Waals surface area contributed by atoms with Crippen LogP contribution in [0.25, 0.3) is 11.3 Å². The molecule has 1 heterocycles. The number of carbonyl (C=O) groups is 1. The van der Waals surface area contributed by atoms with Gasteiger partial charge in [-0.25, -0.2) is 4.98 Å². The van der Waals surface area contributed by atoms with Crippen molar-refractivity contribution in [2.45, 2.75) is 18.3 Å². The van der Waals surface area contributed by atoms with Crippen molar-refractivity contribution in [3.63, 3.8) is 0 Å². The highest BCUT2D eigenvalue weighted by atomic mass is 19.4. The van der Waals surface area contributed by atoms with Gasteiger partial charge in [0.1, 0.15) is 5.56 Å². The molecule has 2 rings (SSSR count). The van der Waals surface area contributed by atoms with E-state index in [1.54, 1.807) is 0 Å². The molecule has 0 saturated carbocycles. The Balaban J connectivity index is 3.15. The lowest BCUT2D eigenvalue weighted by Gasteiger charge is -2.28. The Bertz CT molecular complexity index is 919. The van der Waals surface area contributed by atoms with Gasteiger partial charge in [0, 0.05) is 19.7 Å². The lowest BCUT2D eigenvalue weighted by Crippen LogP contribution is -2.40. The van der Waals surface area contributed by atoms with Crippen LogP contribution in [0.15, 0.2) is 30.3 Å². The van der Waals surface area contributed by atoms with Crippen LogP contribution < -0.4 is 0 Å². The first-order valence-electron chi connectivity index (χ1n) is 7.63. The van der Waals surface area contributed by atoms with Crippen LogP contribution in [0, 0.1) is 5.95 Å². The summed E-state index contributed by atoms with van der Waals surface area (Å²) in [6.07, 6.45) is -12.5. The molecule has 0 aliphatic carbocycles. The van der Waals surface area contributed by atoms with Gasteiger partial charge in [-0.1, -0.05) is 30.3 Å². The first kappa shape index (κ1) is 22.5. The molecule has 158 valence electrons. The summed E-state index contributed by atoms with van der Waals surface area (Å²) in [6, 6.07) is 6.02. The Labute approximate surface area is 157 Å². The fraction of sp³-hybridized carbons (Fsp3) is 0.294. The molecule has 0 N–H and O–H groups in total. The minimum Gasteiger partial charge on any atom is -0.345 e. The van der Waals surface area contributed by atoms with Crippen LogP contribution in [-0.2, 0) is 12.1 Å². The van der Waals surface area contributed by atoms with E-state index in [1.807, 2.05) is 0 Å². The molecule has 0 aliphatic rings. The number of hydrogen-bond donors (Lipinski definition) is 0. The number of halogens is 9. The molecular formula is C17H11F9N2O. The van der Waals surface area contributed by atoms with E-state index in [1.165, 1.54) is 18.2 Å². The molecule has 1 aromatic carbocycles. The van der Waals surface area contributed by atoms with Crippen LogP contribution in [0.4, 0.5) is 39.5 Å². The maximum atomic E-state index is 14.2. The van der Waals surface area contributed by atoms with Crippen LogP contribution in [0.5, 0.6) is 0 Å². The number of amides is 1. The molecule has 12 heteroatoms. The monoisotopic (exact) mass is 430 g/mol. The smallest absolute Gasteiger partial charge is 0.345 e. The third-order valence-corrected chi connectivity index (χ3v) is 3.77. The van der Waals surface area contributed by atoms with Gasteiger partial charge >= 0.3 is 18.3 Å². The molecule has 0 radical (unpaired) electrons. The van der Waals surface area contributed by atoms with Gasteiger partial charge in [0.05, 0.1) is 16.8 Å². The number of aromatic nitrogens is 1. The number of hydrogen-bond acceptors (Lipinski definition) is 2. The zero-order valence-corrected chi connectivity index (χ0v) is 14.6. The molecule has 29 heavy (non-hydrogen) atoms. The third-order valence-electron chi connectivity index (χ3n) is 3.77. The summed E-state index contributed by atoms with van der Waals surface area (Å²) in [7, 11) is 1.84. The summed E-state index contributed by atoms with van der Waals surface area (Å²) >= 11 is 0. The standard InChI is InChI=1S/C17H11F9N2O/c1-28(2)14(29)9-10(15(19,20)17(24,25)26)11(16(21,22)23)13(18)27-12(9)8-6-4-3-5-7-8/h3-7H,1-2H3. The minimum absolute atomic E-state index is 0.329. The van der Waals surface area contributed by atoms with Crippen molar-refractivity contribution in [3.8, 4) is 11.3 Å². The lowest BCUT2D eigenvalue weighted by molar-refractivity contribution is -0.291. The normalized spacial score (nSPS) is 12.8. The molecule has 0 atom stereocenters. The molecule has 1 amide bonds. The van der Waals surface area contributed by atoms with Gasteiger partial charge in [-0.3, -0.25) is 4.79 Å². The Hall–Kier alpha value is -2.79. The summed E-state index contributed by atoms with van der Waals surface area (Å²) in [5.41, 5.74) is -8.89. The quantitative estimate of drug-likeness (QED) is 0.492. The minimum atomic E-state index is -6.55. The maximum Gasteiger partial charge on any atom is 0.458 e. The molecule has 1 aromatic heterocycles. The zero-order valence-electron chi connectivity index (χ0n) is 14.6. The topological polar surface area (TPSA) is 33.2 Å². The Kier molecular flexibility index (Phi) is 5.61. The van der Waals surface area contributed by atoms with Crippen LogP contribution in [0.1, 0.15) is 21.5 Å². The van der Waals surface area contributed by atoms with Gasteiger partial charge in [0.2, 0.25) is 5.95 Å². The lowest BCUT2D eigenvalue weighted by atomic mass is 9.91. The maximum absolute atomic E-state index is 14.2. The number of alkyl halides is 8. The van der Waals surface area contributed by atoms with Crippen molar-refractivity contribution in [2.75, 3.05) is 14.1 Å². The fourth-order valence-electron chi connectivity index (χ4n) is 2.51. The highest BCUT2D eigenvalue weighted by Gasteiger charge is 2.64. The average Bonchev–Trinajstić information content (AvgIpc) is 2.58. The van der Waals surface area contributed by atoms with Crippen molar-refractivity contribution in [1.29, 1.82) is 0 Å². The average molecular weight is 430 g/mol. The fourth-order valence-corrected chi connectivity index (χ4v) is 2.51. The van der Waals surface area contributed by atoms with E-state index < -0.39 is 52.5 Å². The highest BCUT2D eigenvalue weighted by Crippen LogP contribution is 2.51. The number of benzene rings is 1. The molecule has 0 saturated heterocycles. The van der Waals surface area contributed by atoms with E-state index in [2.05, 4.69) is 4.98 Å². The van der Waals surface area contributed by atoms with Gasteiger partial charge in [0.15, 0.2) is 0 Å². The van der Waals surface area contributed by atoms with Gasteiger partial charge in [-0.05, 0) is 0 Å².